The maximum absolute atomic E-state index is 13.0. The third kappa shape index (κ3) is 4.72. The van der Waals surface area contributed by atoms with Crippen LogP contribution in [-0.4, -0.2) is 39.5 Å². The molecule has 158 valence electrons. The number of nitrogens with two attached hydrogens (primary N) is 1. The Hall–Kier alpha value is -2.56. The second-order valence-electron chi connectivity index (χ2n) is 7.43. The molecule has 2 aliphatic rings. The number of carbonyl (C=O) groups excluding carboxylic acids is 1. The van der Waals surface area contributed by atoms with Crippen LogP contribution < -0.4 is 16.2 Å². The molecule has 2 atom stereocenters. The number of allylic oxidation sites excluding steroid dienone is 2. The zero-order valence-electron chi connectivity index (χ0n) is 16.8. The molecule has 0 spiro atoms. The Morgan fingerprint density at radius 3 is 2.93 bits per heavy atom. The molecule has 1 aromatic rings. The second kappa shape index (κ2) is 8.05. The average Bonchev–Trinajstić information content (AvgIpc) is 2.97. The van der Waals surface area contributed by atoms with Crippen molar-refractivity contribution in [2.45, 2.75) is 52.4 Å². The SMILES string of the molecule is CC(=O)Nc1nccc2c1CN(C(C)C1=CC(C)=C(OCC(C)(F)F)[NH2+]N1)C2O. The molecule has 0 saturated carbocycles. The van der Waals surface area contributed by atoms with Gasteiger partial charge in [-0.1, -0.05) is 0 Å². The summed E-state index contributed by atoms with van der Waals surface area (Å²) in [7, 11) is 0. The van der Waals surface area contributed by atoms with Crippen LogP contribution in [-0.2, 0) is 16.1 Å². The van der Waals surface area contributed by atoms with E-state index in [4.69, 9.17) is 4.74 Å². The number of rotatable bonds is 6. The second-order valence-corrected chi connectivity index (χ2v) is 7.43. The molecule has 3 heterocycles. The first-order valence-electron chi connectivity index (χ1n) is 9.29. The van der Waals surface area contributed by atoms with Crippen molar-refractivity contribution in [3.8, 4) is 0 Å². The molecule has 0 aliphatic carbocycles. The molecule has 3 rings (SSSR count). The molecule has 8 nitrogen and oxygen atoms in total. The zero-order chi connectivity index (χ0) is 21.3. The van der Waals surface area contributed by atoms with Crippen molar-refractivity contribution in [2.75, 3.05) is 11.9 Å². The topological polar surface area (TPSA) is 103 Å². The van der Waals surface area contributed by atoms with Crippen LogP contribution in [0.15, 0.2) is 35.5 Å². The van der Waals surface area contributed by atoms with Crippen molar-refractivity contribution in [1.82, 2.24) is 15.3 Å². The minimum atomic E-state index is -2.91. The molecule has 1 amide bonds. The highest BCUT2D eigenvalue weighted by Crippen LogP contribution is 2.37. The number of carbonyl (C=O) groups is 1. The number of hydrogen-bond donors (Lipinski definition) is 4. The van der Waals surface area contributed by atoms with Crippen molar-refractivity contribution in [3.63, 3.8) is 0 Å². The number of aromatic nitrogens is 1. The predicted octanol–water partition coefficient (Wildman–Crippen LogP) is 1.10. The first kappa shape index (κ1) is 21.2. The molecule has 0 saturated heterocycles. The van der Waals surface area contributed by atoms with Gasteiger partial charge in [-0.2, -0.15) is 5.43 Å². The summed E-state index contributed by atoms with van der Waals surface area (Å²) in [5, 5.41) is 13.5. The lowest BCUT2D eigenvalue weighted by Crippen LogP contribution is -2.93. The number of hydrogen-bond acceptors (Lipinski definition) is 6. The van der Waals surface area contributed by atoms with Gasteiger partial charge in [-0.15, -0.1) is 0 Å². The third-order valence-corrected chi connectivity index (χ3v) is 4.88. The molecule has 5 N–H and O–H groups in total. The number of aliphatic hydroxyl groups is 1. The van der Waals surface area contributed by atoms with Gasteiger partial charge in [-0.05, 0) is 26.0 Å². The summed E-state index contributed by atoms with van der Waals surface area (Å²) in [6.45, 7) is 5.61. The van der Waals surface area contributed by atoms with Crippen LogP contribution in [0.4, 0.5) is 14.6 Å². The van der Waals surface area contributed by atoms with Gasteiger partial charge >= 0.3 is 5.88 Å². The number of ether oxygens (including phenoxy) is 1. The van der Waals surface area contributed by atoms with E-state index < -0.39 is 18.8 Å². The van der Waals surface area contributed by atoms with E-state index >= 15 is 0 Å². The van der Waals surface area contributed by atoms with E-state index in [2.05, 4.69) is 15.7 Å². The lowest BCUT2D eigenvalue weighted by molar-refractivity contribution is -0.685. The van der Waals surface area contributed by atoms with Crippen molar-refractivity contribution in [1.29, 1.82) is 0 Å². The minimum absolute atomic E-state index is 0.219. The predicted molar refractivity (Wildman–Crippen MR) is 101 cm³/mol. The number of pyridine rings is 1. The van der Waals surface area contributed by atoms with Gasteiger partial charge < -0.3 is 15.2 Å². The van der Waals surface area contributed by atoms with E-state index in [1.165, 1.54) is 6.92 Å². The average molecular weight is 410 g/mol. The number of nitrogens with zero attached hydrogens (tertiary/aromatic N) is 2. The quantitative estimate of drug-likeness (QED) is 0.524. The molecule has 29 heavy (non-hydrogen) atoms. The Kier molecular flexibility index (Phi) is 5.87. The highest BCUT2D eigenvalue weighted by atomic mass is 19.3. The van der Waals surface area contributed by atoms with Crippen LogP contribution in [0.2, 0.25) is 0 Å². The highest BCUT2D eigenvalue weighted by molar-refractivity contribution is 5.88. The molecule has 2 unspecified atom stereocenters. The summed E-state index contributed by atoms with van der Waals surface area (Å²) in [5.74, 6) is -2.36. The summed E-state index contributed by atoms with van der Waals surface area (Å²) >= 11 is 0. The zero-order valence-corrected chi connectivity index (χ0v) is 16.8. The number of quaternary nitrogens is 1. The lowest BCUT2D eigenvalue weighted by Gasteiger charge is -2.30. The Bertz CT molecular complexity index is 866. The summed E-state index contributed by atoms with van der Waals surface area (Å²) in [5.41, 5.74) is 7.59. The fourth-order valence-electron chi connectivity index (χ4n) is 3.37. The van der Waals surface area contributed by atoms with Gasteiger partial charge in [0.05, 0.1) is 17.3 Å². The number of nitrogens with one attached hydrogen (secondary N) is 2. The normalized spacial score (nSPS) is 20.7. The van der Waals surface area contributed by atoms with Gasteiger partial charge in [0, 0.05) is 37.7 Å². The van der Waals surface area contributed by atoms with Crippen molar-refractivity contribution in [2.24, 2.45) is 0 Å². The standard InChI is InChI=1S/C19H25F2N5O3/c1-10-7-15(24-25-17(10)29-9-19(4,20)21)11(2)26-8-14-13(18(26)28)5-6-22-16(14)23-12(3)27/h5-7,11,18,24-25,28H,8-9H2,1-4H3,(H,22,23,27)/p+1. The van der Waals surface area contributed by atoms with Crippen molar-refractivity contribution in [3.05, 3.63) is 46.6 Å². The van der Waals surface area contributed by atoms with Crippen molar-refractivity contribution < 1.29 is 28.8 Å². The molecule has 2 aliphatic heterocycles. The number of anilines is 1. The van der Waals surface area contributed by atoms with E-state index in [1.807, 2.05) is 17.9 Å². The monoisotopic (exact) mass is 410 g/mol. The Morgan fingerprint density at radius 1 is 1.59 bits per heavy atom. The molecule has 10 heteroatoms. The van der Waals surface area contributed by atoms with E-state index in [1.54, 1.807) is 24.6 Å². The van der Waals surface area contributed by atoms with E-state index in [0.717, 1.165) is 18.2 Å². The number of aliphatic hydroxyl groups excluding tert-OH is 1. The summed E-state index contributed by atoms with van der Waals surface area (Å²) in [6.07, 6.45) is 2.50. The molecule has 1 aromatic heterocycles. The maximum Gasteiger partial charge on any atom is 0.316 e. The smallest absolute Gasteiger partial charge is 0.316 e. The van der Waals surface area contributed by atoms with Crippen molar-refractivity contribution >= 4 is 11.7 Å². The number of alkyl halides is 2. The number of fused-ring (bicyclic) bond motifs is 1. The molecule has 0 fully saturated rings. The molecular weight excluding hydrogens is 384 g/mol. The molecule has 0 radical (unpaired) electrons. The van der Waals surface area contributed by atoms with Gasteiger partial charge in [-0.3, -0.25) is 9.69 Å². The number of halogens is 2. The fourth-order valence-corrected chi connectivity index (χ4v) is 3.37. The van der Waals surface area contributed by atoms with Crippen LogP contribution >= 0.6 is 0 Å². The fraction of sp³-hybridized carbons (Fsp3) is 0.474. The van der Waals surface area contributed by atoms with Gasteiger partial charge in [0.1, 0.15) is 12.0 Å². The summed E-state index contributed by atoms with van der Waals surface area (Å²) in [6, 6.07) is 1.51. The number of amides is 1. The largest absolute Gasteiger partial charge is 0.444 e. The first-order chi connectivity index (χ1) is 13.6. The van der Waals surface area contributed by atoms with Crippen LogP contribution in [0.1, 0.15) is 45.0 Å². The van der Waals surface area contributed by atoms with Gasteiger partial charge in [0.15, 0.2) is 6.61 Å². The highest BCUT2D eigenvalue weighted by Gasteiger charge is 2.36. The molecule has 0 aromatic carbocycles. The van der Waals surface area contributed by atoms with Crippen LogP contribution in [0, 0.1) is 0 Å². The summed E-state index contributed by atoms with van der Waals surface area (Å²) in [4.78, 5) is 17.5. The van der Waals surface area contributed by atoms with Crippen LogP contribution in [0.3, 0.4) is 0 Å². The Balaban J connectivity index is 1.77. The summed E-state index contributed by atoms with van der Waals surface area (Å²) < 4.78 is 31.3. The first-order valence-corrected chi connectivity index (χ1v) is 9.29. The van der Waals surface area contributed by atoms with Gasteiger partial charge in [0.2, 0.25) is 5.91 Å². The van der Waals surface area contributed by atoms with E-state index in [-0.39, 0.29) is 11.9 Å². The minimum Gasteiger partial charge on any atom is -0.444 e. The lowest BCUT2D eigenvalue weighted by atomic mass is 10.1. The molecular formula is C19H26F2N5O3+. The van der Waals surface area contributed by atoms with Crippen LogP contribution in [0.5, 0.6) is 0 Å². The van der Waals surface area contributed by atoms with Gasteiger partial charge in [-0.25, -0.2) is 19.2 Å². The van der Waals surface area contributed by atoms with E-state index in [9.17, 15) is 18.7 Å². The Morgan fingerprint density at radius 2 is 2.31 bits per heavy atom. The van der Waals surface area contributed by atoms with Crippen LogP contribution in [0.25, 0.3) is 0 Å². The molecule has 0 bridgehead atoms. The van der Waals surface area contributed by atoms with Gasteiger partial charge in [0.25, 0.3) is 5.92 Å². The Labute approximate surface area is 167 Å². The van der Waals surface area contributed by atoms with E-state index in [0.29, 0.717) is 29.4 Å². The third-order valence-electron chi connectivity index (χ3n) is 4.88. The maximum atomic E-state index is 13.0.